The van der Waals surface area contributed by atoms with Gasteiger partial charge in [0.15, 0.2) is 0 Å². The molecule has 6 nitrogen and oxygen atoms in total. The van der Waals surface area contributed by atoms with Gasteiger partial charge in [-0.25, -0.2) is 8.42 Å². The number of likely N-dealkylation sites (tertiary alicyclic amines) is 1. The molecule has 0 bridgehead atoms. The number of sulfonamides is 1. The molecule has 32 heavy (non-hydrogen) atoms. The number of rotatable bonds is 8. The summed E-state index contributed by atoms with van der Waals surface area (Å²) in [7, 11) is -3.76. The Bertz CT molecular complexity index is 1080. The maximum Gasteiger partial charge on any atom is 0.251 e. The Morgan fingerprint density at radius 2 is 1.78 bits per heavy atom. The smallest absolute Gasteiger partial charge is 0.251 e. The number of benzene rings is 2. The maximum absolute atomic E-state index is 12.7. The van der Waals surface area contributed by atoms with Crippen molar-refractivity contribution in [1.82, 2.24) is 14.9 Å². The average molecular weight is 454 g/mol. The maximum atomic E-state index is 12.7. The SMILES string of the molecule is C#CCNS(=O)(=O)c1cccc(C(=O)NCc2ccccc2CN2CC(C)CC(C)C2)c1. The van der Waals surface area contributed by atoms with Crippen molar-refractivity contribution in [3.63, 3.8) is 0 Å². The molecule has 1 fully saturated rings. The van der Waals surface area contributed by atoms with E-state index < -0.39 is 10.0 Å². The third-order valence-electron chi connectivity index (χ3n) is 5.67. The zero-order valence-electron chi connectivity index (χ0n) is 18.7. The minimum absolute atomic E-state index is 0.00846. The van der Waals surface area contributed by atoms with Gasteiger partial charge in [-0.2, -0.15) is 4.72 Å². The third-order valence-corrected chi connectivity index (χ3v) is 7.07. The quantitative estimate of drug-likeness (QED) is 0.603. The number of terminal acetylenes is 1. The van der Waals surface area contributed by atoms with Crippen LogP contribution in [0.2, 0.25) is 0 Å². The number of piperidine rings is 1. The van der Waals surface area contributed by atoms with Crippen LogP contribution in [-0.2, 0) is 23.1 Å². The number of nitrogens with one attached hydrogen (secondary N) is 2. The number of carbonyl (C=O) groups excluding carboxylic acids is 1. The molecule has 3 rings (SSSR count). The summed E-state index contributed by atoms with van der Waals surface area (Å²) in [5, 5.41) is 2.93. The topological polar surface area (TPSA) is 78.5 Å². The summed E-state index contributed by atoms with van der Waals surface area (Å²) in [6.07, 6.45) is 6.39. The van der Waals surface area contributed by atoms with Crippen molar-refractivity contribution >= 4 is 15.9 Å². The Morgan fingerprint density at radius 3 is 2.47 bits per heavy atom. The zero-order valence-corrected chi connectivity index (χ0v) is 19.5. The average Bonchev–Trinajstić information content (AvgIpc) is 2.76. The van der Waals surface area contributed by atoms with E-state index >= 15 is 0 Å². The molecule has 1 aliphatic rings. The van der Waals surface area contributed by atoms with Crippen molar-refractivity contribution in [3.8, 4) is 12.3 Å². The monoisotopic (exact) mass is 453 g/mol. The second kappa shape index (κ2) is 10.8. The second-order valence-electron chi connectivity index (χ2n) is 8.65. The van der Waals surface area contributed by atoms with E-state index in [1.165, 1.54) is 24.1 Å². The van der Waals surface area contributed by atoms with Gasteiger partial charge in [-0.15, -0.1) is 6.42 Å². The molecule has 0 radical (unpaired) electrons. The molecule has 0 saturated carbocycles. The number of nitrogens with zero attached hydrogens (tertiary/aromatic N) is 1. The van der Waals surface area contributed by atoms with Crippen LogP contribution in [0.3, 0.4) is 0 Å². The highest BCUT2D eigenvalue weighted by Crippen LogP contribution is 2.23. The lowest BCUT2D eigenvalue weighted by atomic mass is 9.91. The highest BCUT2D eigenvalue weighted by atomic mass is 32.2. The summed E-state index contributed by atoms with van der Waals surface area (Å²) in [6, 6.07) is 14.1. The highest BCUT2D eigenvalue weighted by molar-refractivity contribution is 7.89. The van der Waals surface area contributed by atoms with Crippen molar-refractivity contribution in [3.05, 3.63) is 65.2 Å². The van der Waals surface area contributed by atoms with E-state index in [1.54, 1.807) is 12.1 Å². The third kappa shape index (κ3) is 6.42. The molecule has 2 aromatic rings. The molecule has 7 heteroatoms. The molecular formula is C25H31N3O3S. The van der Waals surface area contributed by atoms with Crippen molar-refractivity contribution in [1.29, 1.82) is 0 Å². The summed E-state index contributed by atoms with van der Waals surface area (Å²) in [5.74, 6) is 3.28. The zero-order chi connectivity index (χ0) is 23.1. The number of carbonyl (C=O) groups is 1. The number of hydrogen-bond acceptors (Lipinski definition) is 4. The normalized spacial score (nSPS) is 19.3. The Morgan fingerprint density at radius 1 is 1.09 bits per heavy atom. The van der Waals surface area contributed by atoms with Crippen molar-refractivity contribution in [2.75, 3.05) is 19.6 Å². The molecule has 0 aromatic heterocycles. The van der Waals surface area contributed by atoms with Crippen LogP contribution in [-0.4, -0.2) is 38.9 Å². The molecule has 1 aliphatic heterocycles. The predicted molar refractivity (Wildman–Crippen MR) is 126 cm³/mol. The van der Waals surface area contributed by atoms with Crippen LogP contribution in [0.1, 0.15) is 41.8 Å². The molecule has 2 atom stereocenters. The summed E-state index contributed by atoms with van der Waals surface area (Å²) in [6.45, 7) is 7.88. The van der Waals surface area contributed by atoms with Gasteiger partial charge in [-0.05, 0) is 47.6 Å². The van der Waals surface area contributed by atoms with Crippen LogP contribution < -0.4 is 10.0 Å². The molecular weight excluding hydrogens is 422 g/mol. The minimum atomic E-state index is -3.76. The highest BCUT2D eigenvalue weighted by Gasteiger charge is 2.22. The molecule has 1 saturated heterocycles. The summed E-state index contributed by atoms with van der Waals surface area (Å²) < 4.78 is 26.9. The molecule has 0 spiro atoms. The Balaban J connectivity index is 1.67. The molecule has 2 unspecified atom stereocenters. The van der Waals surface area contributed by atoms with Crippen LogP contribution in [0, 0.1) is 24.2 Å². The number of hydrogen-bond donors (Lipinski definition) is 2. The van der Waals surface area contributed by atoms with Gasteiger partial charge in [0, 0.05) is 31.7 Å². The van der Waals surface area contributed by atoms with E-state index in [9.17, 15) is 13.2 Å². The van der Waals surface area contributed by atoms with Gasteiger partial charge in [0.25, 0.3) is 5.91 Å². The van der Waals surface area contributed by atoms with E-state index in [0.29, 0.717) is 18.4 Å². The van der Waals surface area contributed by atoms with Gasteiger partial charge in [-0.1, -0.05) is 50.1 Å². The fourth-order valence-corrected chi connectivity index (χ4v) is 5.33. The second-order valence-corrected chi connectivity index (χ2v) is 10.4. The molecule has 0 aliphatic carbocycles. The minimum Gasteiger partial charge on any atom is -0.348 e. The van der Waals surface area contributed by atoms with Crippen molar-refractivity contribution in [2.45, 2.75) is 38.3 Å². The van der Waals surface area contributed by atoms with E-state index in [0.717, 1.165) is 25.2 Å². The van der Waals surface area contributed by atoms with Crippen LogP contribution in [0.4, 0.5) is 0 Å². The van der Waals surface area contributed by atoms with Crippen LogP contribution in [0.15, 0.2) is 53.4 Å². The first kappa shape index (κ1) is 24.0. The number of amides is 1. The first-order chi connectivity index (χ1) is 15.3. The first-order valence-electron chi connectivity index (χ1n) is 10.9. The van der Waals surface area contributed by atoms with Gasteiger partial charge in [0.1, 0.15) is 0 Å². The Labute approximate surface area is 191 Å². The lowest BCUT2D eigenvalue weighted by Gasteiger charge is -2.35. The molecule has 1 amide bonds. The van der Waals surface area contributed by atoms with Crippen molar-refractivity contribution in [2.24, 2.45) is 11.8 Å². The summed E-state index contributed by atoms with van der Waals surface area (Å²) >= 11 is 0. The van der Waals surface area contributed by atoms with Gasteiger partial charge in [0.2, 0.25) is 10.0 Å². The van der Waals surface area contributed by atoms with Gasteiger partial charge in [0.05, 0.1) is 11.4 Å². The Kier molecular flexibility index (Phi) is 8.08. The standard InChI is InChI=1S/C25H31N3O3S/c1-4-12-27-32(30,31)24-11-7-10-21(14-24)25(29)26-15-22-8-5-6-9-23(22)18-28-16-19(2)13-20(3)17-28/h1,5-11,14,19-20,27H,12-13,15-18H2,2-3H3,(H,26,29). The van der Waals surface area contributed by atoms with E-state index in [-0.39, 0.29) is 22.9 Å². The van der Waals surface area contributed by atoms with E-state index in [4.69, 9.17) is 6.42 Å². The van der Waals surface area contributed by atoms with E-state index in [2.05, 4.69) is 40.8 Å². The lowest BCUT2D eigenvalue weighted by Crippen LogP contribution is -2.38. The van der Waals surface area contributed by atoms with Gasteiger partial charge in [-0.3, -0.25) is 9.69 Å². The van der Waals surface area contributed by atoms with Gasteiger partial charge >= 0.3 is 0 Å². The summed E-state index contributed by atoms with van der Waals surface area (Å²) in [5.41, 5.74) is 2.54. The first-order valence-corrected chi connectivity index (χ1v) is 12.4. The van der Waals surface area contributed by atoms with Gasteiger partial charge < -0.3 is 5.32 Å². The van der Waals surface area contributed by atoms with Crippen LogP contribution in [0.5, 0.6) is 0 Å². The van der Waals surface area contributed by atoms with Crippen LogP contribution in [0.25, 0.3) is 0 Å². The lowest BCUT2D eigenvalue weighted by molar-refractivity contribution is 0.0950. The molecule has 170 valence electrons. The Hall–Kier alpha value is -2.66. The largest absolute Gasteiger partial charge is 0.348 e. The molecule has 1 heterocycles. The fourth-order valence-electron chi connectivity index (χ4n) is 4.35. The fraction of sp³-hybridized carbons (Fsp3) is 0.400. The van der Waals surface area contributed by atoms with E-state index in [1.807, 2.05) is 18.2 Å². The molecule has 2 aromatic carbocycles. The van der Waals surface area contributed by atoms with Crippen molar-refractivity contribution < 1.29 is 13.2 Å². The molecule has 2 N–H and O–H groups in total. The predicted octanol–water partition coefficient (Wildman–Crippen LogP) is 3.01. The van der Waals surface area contributed by atoms with Crippen LogP contribution >= 0.6 is 0 Å². The summed E-state index contributed by atoms with van der Waals surface area (Å²) in [4.78, 5) is 15.2.